The zero-order chi connectivity index (χ0) is 14.3. The van der Waals surface area contributed by atoms with Crippen molar-refractivity contribution in [2.75, 3.05) is 0 Å². The third kappa shape index (κ3) is 2.16. The molecule has 0 bridgehead atoms. The van der Waals surface area contributed by atoms with Crippen molar-refractivity contribution in [1.82, 2.24) is 4.98 Å². The summed E-state index contributed by atoms with van der Waals surface area (Å²) in [5, 5.41) is 0. The SMILES string of the molecule is Cc1[nH]c(C(=O)c2c(F)cc(F)cc2F)c(C)c1C. The molecule has 0 saturated carbocycles. The topological polar surface area (TPSA) is 32.9 Å². The lowest BCUT2D eigenvalue weighted by molar-refractivity contribution is 0.102. The largest absolute Gasteiger partial charge is 0.356 e. The van der Waals surface area contributed by atoms with Crippen LogP contribution in [0, 0.1) is 38.2 Å². The first-order valence-electron chi connectivity index (χ1n) is 5.68. The number of rotatable bonds is 2. The van der Waals surface area contributed by atoms with Crippen LogP contribution < -0.4 is 0 Å². The Balaban J connectivity index is 2.60. The van der Waals surface area contributed by atoms with Gasteiger partial charge < -0.3 is 4.98 Å². The first kappa shape index (κ1) is 13.4. The van der Waals surface area contributed by atoms with E-state index in [1.807, 2.05) is 0 Å². The van der Waals surface area contributed by atoms with Crippen LogP contribution in [-0.4, -0.2) is 10.8 Å². The monoisotopic (exact) mass is 267 g/mol. The summed E-state index contributed by atoms with van der Waals surface area (Å²) >= 11 is 0. The molecule has 0 aliphatic rings. The summed E-state index contributed by atoms with van der Waals surface area (Å²) in [6.45, 7) is 5.25. The number of hydrogen-bond acceptors (Lipinski definition) is 1. The normalized spacial score (nSPS) is 10.8. The standard InChI is InChI=1S/C14H12F3NO/c1-6-7(2)13(18-8(6)3)14(19)12-10(16)4-9(15)5-11(12)17/h4-5,18H,1-3H3. The van der Waals surface area contributed by atoms with Crippen LogP contribution in [0.5, 0.6) is 0 Å². The average molecular weight is 267 g/mol. The van der Waals surface area contributed by atoms with Crippen LogP contribution in [0.3, 0.4) is 0 Å². The molecule has 1 N–H and O–H groups in total. The van der Waals surface area contributed by atoms with Crippen molar-refractivity contribution >= 4 is 5.78 Å². The zero-order valence-corrected chi connectivity index (χ0v) is 10.7. The molecule has 0 amide bonds. The highest BCUT2D eigenvalue weighted by Gasteiger charge is 2.24. The Hall–Kier alpha value is -2.04. The molecule has 0 spiro atoms. The number of hydrogen-bond donors (Lipinski definition) is 1. The highest BCUT2D eigenvalue weighted by molar-refractivity contribution is 6.09. The van der Waals surface area contributed by atoms with Crippen LogP contribution in [0.25, 0.3) is 0 Å². The molecule has 1 heterocycles. The molecular formula is C14H12F3NO. The molecule has 0 aliphatic carbocycles. The molecule has 2 rings (SSSR count). The molecule has 0 saturated heterocycles. The zero-order valence-electron chi connectivity index (χ0n) is 10.7. The maximum Gasteiger partial charge on any atom is 0.215 e. The van der Waals surface area contributed by atoms with Gasteiger partial charge in [0.25, 0.3) is 0 Å². The second-order valence-electron chi connectivity index (χ2n) is 4.45. The number of nitrogens with one attached hydrogen (secondary N) is 1. The first-order valence-corrected chi connectivity index (χ1v) is 5.68. The number of carbonyl (C=O) groups excluding carboxylic acids is 1. The number of H-pyrrole nitrogens is 1. The fourth-order valence-electron chi connectivity index (χ4n) is 1.95. The van der Waals surface area contributed by atoms with Gasteiger partial charge in [0.05, 0.1) is 11.3 Å². The predicted molar refractivity (Wildman–Crippen MR) is 64.8 cm³/mol. The lowest BCUT2D eigenvalue weighted by Gasteiger charge is -2.04. The van der Waals surface area contributed by atoms with Gasteiger partial charge in [-0.05, 0) is 31.9 Å². The van der Waals surface area contributed by atoms with Crippen molar-refractivity contribution in [3.8, 4) is 0 Å². The minimum Gasteiger partial charge on any atom is -0.356 e. The van der Waals surface area contributed by atoms with E-state index in [-0.39, 0.29) is 5.69 Å². The van der Waals surface area contributed by atoms with Crippen molar-refractivity contribution in [3.05, 3.63) is 57.7 Å². The Morgan fingerprint density at radius 3 is 1.95 bits per heavy atom. The lowest BCUT2D eigenvalue weighted by Crippen LogP contribution is -2.10. The van der Waals surface area contributed by atoms with E-state index < -0.39 is 28.8 Å². The van der Waals surface area contributed by atoms with E-state index in [2.05, 4.69) is 4.98 Å². The molecule has 2 aromatic rings. The Morgan fingerprint density at radius 1 is 1.00 bits per heavy atom. The second kappa shape index (κ2) is 4.57. The molecule has 2 nitrogen and oxygen atoms in total. The third-order valence-corrected chi connectivity index (χ3v) is 3.27. The number of aromatic nitrogens is 1. The van der Waals surface area contributed by atoms with Crippen LogP contribution in [0.15, 0.2) is 12.1 Å². The Labute approximate surface area is 108 Å². The average Bonchev–Trinajstić information content (AvgIpc) is 2.55. The van der Waals surface area contributed by atoms with Gasteiger partial charge in [-0.15, -0.1) is 0 Å². The van der Waals surface area contributed by atoms with Crippen molar-refractivity contribution in [2.24, 2.45) is 0 Å². The minimum absolute atomic E-state index is 0.124. The molecule has 1 aromatic heterocycles. The number of aryl methyl sites for hydroxylation is 1. The van der Waals surface area contributed by atoms with Crippen molar-refractivity contribution < 1.29 is 18.0 Å². The molecule has 19 heavy (non-hydrogen) atoms. The van der Waals surface area contributed by atoms with E-state index in [0.29, 0.717) is 17.7 Å². The Bertz CT molecular complexity index is 651. The highest BCUT2D eigenvalue weighted by Crippen LogP contribution is 2.23. The number of carbonyl (C=O) groups is 1. The van der Waals surface area contributed by atoms with Crippen molar-refractivity contribution in [1.29, 1.82) is 0 Å². The van der Waals surface area contributed by atoms with E-state index in [1.165, 1.54) is 0 Å². The minimum atomic E-state index is -1.20. The third-order valence-electron chi connectivity index (χ3n) is 3.27. The molecule has 0 unspecified atom stereocenters. The maximum atomic E-state index is 13.6. The van der Waals surface area contributed by atoms with Crippen molar-refractivity contribution in [2.45, 2.75) is 20.8 Å². The van der Waals surface area contributed by atoms with E-state index in [9.17, 15) is 18.0 Å². The molecule has 100 valence electrons. The summed E-state index contributed by atoms with van der Waals surface area (Å²) in [5.41, 5.74) is 1.62. The molecule has 0 atom stereocenters. The van der Waals surface area contributed by atoms with Crippen molar-refractivity contribution in [3.63, 3.8) is 0 Å². The van der Waals surface area contributed by atoms with Gasteiger partial charge in [-0.2, -0.15) is 0 Å². The summed E-state index contributed by atoms with van der Waals surface area (Å²) < 4.78 is 40.0. The second-order valence-corrected chi connectivity index (χ2v) is 4.45. The summed E-state index contributed by atoms with van der Waals surface area (Å²) in [5.74, 6) is -4.27. The van der Waals surface area contributed by atoms with E-state index >= 15 is 0 Å². The number of aromatic amines is 1. The quantitative estimate of drug-likeness (QED) is 0.829. The Kier molecular flexibility index (Phi) is 3.22. The first-order chi connectivity index (χ1) is 8.82. The predicted octanol–water partition coefficient (Wildman–Crippen LogP) is 3.59. The fourth-order valence-corrected chi connectivity index (χ4v) is 1.95. The highest BCUT2D eigenvalue weighted by atomic mass is 19.1. The summed E-state index contributed by atoms with van der Waals surface area (Å²) in [6, 6.07) is 0.989. The van der Waals surface area contributed by atoms with Gasteiger partial charge in [-0.25, -0.2) is 13.2 Å². The Morgan fingerprint density at radius 2 is 1.53 bits per heavy atom. The number of benzene rings is 1. The van der Waals surface area contributed by atoms with Crippen LogP contribution in [-0.2, 0) is 0 Å². The van der Waals surface area contributed by atoms with Gasteiger partial charge in [0.2, 0.25) is 5.78 Å². The summed E-state index contributed by atoms with van der Waals surface area (Å²) in [6.07, 6.45) is 0. The molecule has 0 fully saturated rings. The number of ketones is 1. The van der Waals surface area contributed by atoms with Crippen LogP contribution in [0.2, 0.25) is 0 Å². The fraction of sp³-hybridized carbons (Fsp3) is 0.214. The van der Waals surface area contributed by atoms with E-state index in [4.69, 9.17) is 0 Å². The molecule has 0 aliphatic heterocycles. The van der Waals surface area contributed by atoms with Gasteiger partial charge >= 0.3 is 0 Å². The van der Waals surface area contributed by atoms with E-state index in [0.717, 1.165) is 11.3 Å². The summed E-state index contributed by atoms with van der Waals surface area (Å²) in [7, 11) is 0. The van der Waals surface area contributed by atoms with Gasteiger partial charge in [0.1, 0.15) is 17.5 Å². The maximum absolute atomic E-state index is 13.6. The molecule has 5 heteroatoms. The lowest BCUT2D eigenvalue weighted by atomic mass is 10.0. The summed E-state index contributed by atoms with van der Waals surface area (Å²) in [4.78, 5) is 15.0. The van der Waals surface area contributed by atoms with Gasteiger partial charge in [0, 0.05) is 17.8 Å². The van der Waals surface area contributed by atoms with Gasteiger partial charge in [-0.1, -0.05) is 0 Å². The van der Waals surface area contributed by atoms with Crippen LogP contribution >= 0.6 is 0 Å². The molecule has 1 aromatic carbocycles. The molecular weight excluding hydrogens is 255 g/mol. The smallest absolute Gasteiger partial charge is 0.215 e. The van der Waals surface area contributed by atoms with Gasteiger partial charge in [-0.3, -0.25) is 4.79 Å². The number of halogens is 3. The van der Waals surface area contributed by atoms with Crippen LogP contribution in [0.4, 0.5) is 13.2 Å². The van der Waals surface area contributed by atoms with E-state index in [1.54, 1.807) is 20.8 Å². The molecule has 0 radical (unpaired) electrons. The van der Waals surface area contributed by atoms with Gasteiger partial charge in [0.15, 0.2) is 0 Å². The van der Waals surface area contributed by atoms with Crippen LogP contribution in [0.1, 0.15) is 32.9 Å².